The number of hydrogen-bond donors (Lipinski definition) is 0. The Labute approximate surface area is 136 Å². The fraction of sp³-hybridized carbons (Fsp3) is 0.312. The number of amides is 1. The van der Waals surface area contributed by atoms with Crippen molar-refractivity contribution in [3.8, 4) is 0 Å². The van der Waals surface area contributed by atoms with Crippen molar-refractivity contribution in [1.82, 2.24) is 19.7 Å². The maximum absolute atomic E-state index is 13.3. The highest BCUT2D eigenvalue weighted by atomic mass is 32.1. The first-order chi connectivity index (χ1) is 11.2. The first kappa shape index (κ1) is 14.3. The molecule has 0 saturated carbocycles. The second-order valence-electron chi connectivity index (χ2n) is 5.69. The molecule has 1 amide bonds. The molecule has 0 radical (unpaired) electrons. The zero-order valence-corrected chi connectivity index (χ0v) is 13.2. The molecule has 0 N–H and O–H groups in total. The van der Waals surface area contributed by atoms with E-state index in [9.17, 15) is 9.18 Å². The summed E-state index contributed by atoms with van der Waals surface area (Å²) in [6.07, 6.45) is 5.00. The van der Waals surface area contributed by atoms with Crippen LogP contribution in [0, 0.1) is 5.82 Å². The Hall–Kier alpha value is -2.28. The molecule has 0 bridgehead atoms. The van der Waals surface area contributed by atoms with Gasteiger partial charge in [-0.3, -0.25) is 4.79 Å². The van der Waals surface area contributed by atoms with E-state index in [0.717, 1.165) is 22.9 Å². The predicted molar refractivity (Wildman–Crippen MR) is 86.0 cm³/mol. The number of thiophene rings is 1. The molecule has 4 rings (SSSR count). The lowest BCUT2D eigenvalue weighted by Gasteiger charge is -2.31. The number of carbonyl (C=O) groups is 1. The third-order valence-electron chi connectivity index (χ3n) is 4.25. The second kappa shape index (κ2) is 5.73. The molecule has 1 saturated heterocycles. The summed E-state index contributed by atoms with van der Waals surface area (Å²) >= 11 is 1.42. The number of likely N-dealkylation sites (tertiary alicyclic amines) is 1. The molecule has 0 spiro atoms. The first-order valence-corrected chi connectivity index (χ1v) is 8.35. The minimum absolute atomic E-state index is 0.0312. The largest absolute Gasteiger partial charge is 0.338 e. The van der Waals surface area contributed by atoms with E-state index in [0.29, 0.717) is 24.0 Å². The number of piperidine rings is 1. The molecule has 3 aromatic rings. The maximum Gasteiger partial charge on any atom is 0.263 e. The van der Waals surface area contributed by atoms with Crippen molar-refractivity contribution < 1.29 is 9.18 Å². The van der Waals surface area contributed by atoms with Gasteiger partial charge in [-0.2, -0.15) is 5.10 Å². The van der Waals surface area contributed by atoms with Gasteiger partial charge in [0.25, 0.3) is 5.91 Å². The summed E-state index contributed by atoms with van der Waals surface area (Å²) in [4.78, 5) is 19.2. The molecule has 1 aliphatic heterocycles. The van der Waals surface area contributed by atoms with Crippen LogP contribution < -0.4 is 0 Å². The van der Waals surface area contributed by atoms with Gasteiger partial charge in [0, 0.05) is 17.8 Å². The molecule has 7 heteroatoms. The van der Waals surface area contributed by atoms with Gasteiger partial charge in [-0.15, -0.1) is 11.3 Å². The Balaban J connectivity index is 1.48. The highest BCUT2D eigenvalue weighted by Crippen LogP contribution is 2.29. The molecule has 0 atom stereocenters. The van der Waals surface area contributed by atoms with Crippen LogP contribution in [0.1, 0.15) is 28.6 Å². The number of carbonyl (C=O) groups excluding carboxylic acids is 1. The lowest BCUT2D eigenvalue weighted by atomic mass is 10.1. The van der Waals surface area contributed by atoms with Crippen LogP contribution in [0.15, 0.2) is 36.9 Å². The van der Waals surface area contributed by atoms with E-state index in [-0.39, 0.29) is 11.7 Å². The number of benzene rings is 1. The predicted octanol–water partition coefficient (Wildman–Crippen LogP) is 3.11. The van der Waals surface area contributed by atoms with E-state index in [1.165, 1.54) is 29.8 Å². The van der Waals surface area contributed by atoms with Gasteiger partial charge in [0.15, 0.2) is 0 Å². The molecule has 1 aromatic carbocycles. The van der Waals surface area contributed by atoms with Crippen LogP contribution in [-0.2, 0) is 0 Å². The van der Waals surface area contributed by atoms with Crippen molar-refractivity contribution in [3.05, 3.63) is 47.6 Å². The summed E-state index contributed by atoms with van der Waals surface area (Å²) in [6, 6.07) is 6.71. The minimum atomic E-state index is -0.275. The zero-order valence-electron chi connectivity index (χ0n) is 12.4. The van der Waals surface area contributed by atoms with Crippen LogP contribution in [0.4, 0.5) is 4.39 Å². The Morgan fingerprint density at radius 2 is 2.09 bits per heavy atom. The molecule has 0 aliphatic carbocycles. The van der Waals surface area contributed by atoms with Gasteiger partial charge >= 0.3 is 0 Å². The molecule has 1 fully saturated rings. The number of halogens is 1. The third-order valence-corrected chi connectivity index (χ3v) is 5.36. The quantitative estimate of drug-likeness (QED) is 0.725. The average Bonchev–Trinajstić information content (AvgIpc) is 3.23. The second-order valence-corrected chi connectivity index (χ2v) is 6.78. The van der Waals surface area contributed by atoms with Crippen molar-refractivity contribution >= 4 is 27.3 Å². The third kappa shape index (κ3) is 2.72. The van der Waals surface area contributed by atoms with Gasteiger partial charge < -0.3 is 4.90 Å². The Bertz CT molecular complexity index is 837. The summed E-state index contributed by atoms with van der Waals surface area (Å²) < 4.78 is 16.1. The number of aromatic nitrogens is 3. The van der Waals surface area contributed by atoms with Crippen LogP contribution in [0.5, 0.6) is 0 Å². The number of hydrogen-bond acceptors (Lipinski definition) is 4. The monoisotopic (exact) mass is 330 g/mol. The Morgan fingerprint density at radius 1 is 1.26 bits per heavy atom. The van der Waals surface area contributed by atoms with Gasteiger partial charge in [-0.05, 0) is 42.5 Å². The van der Waals surface area contributed by atoms with Crippen molar-refractivity contribution in [2.45, 2.75) is 18.9 Å². The van der Waals surface area contributed by atoms with Crippen molar-refractivity contribution in [2.75, 3.05) is 13.1 Å². The Morgan fingerprint density at radius 3 is 2.83 bits per heavy atom. The highest BCUT2D eigenvalue weighted by Gasteiger charge is 2.25. The lowest BCUT2D eigenvalue weighted by molar-refractivity contribution is 0.0695. The first-order valence-electron chi connectivity index (χ1n) is 7.53. The minimum Gasteiger partial charge on any atom is -0.338 e. The summed E-state index contributed by atoms with van der Waals surface area (Å²) in [5, 5.41) is 4.96. The topological polar surface area (TPSA) is 51.0 Å². The van der Waals surface area contributed by atoms with Crippen molar-refractivity contribution in [1.29, 1.82) is 0 Å². The number of rotatable bonds is 2. The standard InChI is InChI=1S/C16H15FN4OS/c17-12-1-2-14-11(7-12)8-15(23-14)16(22)20-5-3-13(4-6-20)21-10-18-9-19-21/h1-2,7-10,13H,3-6H2. The molecule has 23 heavy (non-hydrogen) atoms. The molecular formula is C16H15FN4OS. The summed E-state index contributed by atoms with van der Waals surface area (Å²) in [5.41, 5.74) is 0. The fourth-order valence-electron chi connectivity index (χ4n) is 3.01. The molecule has 1 aliphatic rings. The van der Waals surface area contributed by atoms with Gasteiger partial charge in [-0.25, -0.2) is 14.1 Å². The molecule has 0 unspecified atom stereocenters. The highest BCUT2D eigenvalue weighted by molar-refractivity contribution is 7.20. The molecule has 118 valence electrons. The van der Waals surface area contributed by atoms with Crippen LogP contribution in [0.3, 0.4) is 0 Å². The zero-order chi connectivity index (χ0) is 15.8. The maximum atomic E-state index is 13.3. The van der Waals surface area contributed by atoms with Crippen molar-refractivity contribution in [2.24, 2.45) is 0 Å². The van der Waals surface area contributed by atoms with Crippen LogP contribution >= 0.6 is 11.3 Å². The summed E-state index contributed by atoms with van der Waals surface area (Å²) in [5.74, 6) is -0.244. The molecular weight excluding hydrogens is 315 g/mol. The summed E-state index contributed by atoms with van der Waals surface area (Å²) in [7, 11) is 0. The van der Waals surface area contributed by atoms with Gasteiger partial charge in [0.1, 0.15) is 18.5 Å². The SMILES string of the molecule is O=C(c1cc2cc(F)ccc2s1)N1CCC(n2cncn2)CC1. The van der Waals surface area contributed by atoms with E-state index < -0.39 is 0 Å². The Kier molecular flexibility index (Phi) is 3.57. The van der Waals surface area contributed by atoms with Crippen molar-refractivity contribution in [3.63, 3.8) is 0 Å². The van der Waals surface area contributed by atoms with E-state index in [1.54, 1.807) is 18.5 Å². The molecule has 2 aromatic heterocycles. The van der Waals surface area contributed by atoms with Crippen LogP contribution in [-0.4, -0.2) is 38.7 Å². The van der Waals surface area contributed by atoms with Gasteiger partial charge in [0.2, 0.25) is 0 Å². The molecule has 3 heterocycles. The number of nitrogens with zero attached hydrogens (tertiary/aromatic N) is 4. The van der Waals surface area contributed by atoms with Gasteiger partial charge in [0.05, 0.1) is 10.9 Å². The van der Waals surface area contributed by atoms with Crippen LogP contribution in [0.25, 0.3) is 10.1 Å². The van der Waals surface area contributed by atoms with E-state index in [4.69, 9.17) is 0 Å². The van der Waals surface area contributed by atoms with E-state index in [1.807, 2.05) is 9.58 Å². The smallest absolute Gasteiger partial charge is 0.263 e. The normalized spacial score (nSPS) is 16.1. The number of fused-ring (bicyclic) bond motifs is 1. The molecule has 5 nitrogen and oxygen atoms in total. The summed E-state index contributed by atoms with van der Waals surface area (Å²) in [6.45, 7) is 1.40. The van der Waals surface area contributed by atoms with E-state index in [2.05, 4.69) is 10.1 Å². The van der Waals surface area contributed by atoms with Crippen LogP contribution in [0.2, 0.25) is 0 Å². The van der Waals surface area contributed by atoms with Gasteiger partial charge in [-0.1, -0.05) is 0 Å². The average molecular weight is 330 g/mol. The van der Waals surface area contributed by atoms with E-state index >= 15 is 0 Å². The fourth-order valence-corrected chi connectivity index (χ4v) is 4.03. The lowest BCUT2D eigenvalue weighted by Crippen LogP contribution is -2.38.